The number of nitrogens with zero attached hydrogens (tertiary/aromatic N) is 3. The van der Waals surface area contributed by atoms with Gasteiger partial charge in [0.1, 0.15) is 5.52 Å². The quantitative estimate of drug-likeness (QED) is 0.585. The summed E-state index contributed by atoms with van der Waals surface area (Å²) in [6, 6.07) is 5.49. The second-order valence-electron chi connectivity index (χ2n) is 4.20. The average molecular weight is 274 g/mol. The Labute approximate surface area is 114 Å². The Morgan fingerprint density at radius 2 is 2.32 bits per heavy atom. The van der Waals surface area contributed by atoms with E-state index in [1.165, 1.54) is 0 Å². The Bertz CT molecular complexity index is 704. The van der Waals surface area contributed by atoms with Gasteiger partial charge in [-0.2, -0.15) is 5.10 Å². The first-order valence-electron chi connectivity index (χ1n) is 6.05. The minimum Gasteiger partial charge on any atom is -0.431 e. The molecule has 0 amide bonds. The van der Waals surface area contributed by atoms with Gasteiger partial charge in [0.25, 0.3) is 5.22 Å². The number of benzene rings is 1. The lowest BCUT2D eigenvalue weighted by Gasteiger charge is -1.93. The number of hydrogen-bond donors (Lipinski definition) is 1. The zero-order valence-electron chi connectivity index (χ0n) is 10.5. The number of nitrogens with two attached hydrogens (primary N) is 1. The van der Waals surface area contributed by atoms with Crippen molar-refractivity contribution in [1.29, 1.82) is 0 Å². The van der Waals surface area contributed by atoms with Gasteiger partial charge in [0.05, 0.1) is 6.20 Å². The van der Waals surface area contributed by atoms with Gasteiger partial charge in [-0.15, -0.1) is 0 Å². The highest BCUT2D eigenvalue weighted by Crippen LogP contribution is 2.27. The second-order valence-corrected chi connectivity index (χ2v) is 5.13. The predicted octanol–water partition coefficient (Wildman–Crippen LogP) is 2.92. The molecule has 2 heterocycles. The van der Waals surface area contributed by atoms with Gasteiger partial charge in [-0.05, 0) is 19.1 Å². The van der Waals surface area contributed by atoms with E-state index in [9.17, 15) is 0 Å². The van der Waals surface area contributed by atoms with E-state index in [1.54, 1.807) is 17.8 Å². The topological polar surface area (TPSA) is 69.9 Å². The van der Waals surface area contributed by atoms with Crippen molar-refractivity contribution in [2.75, 3.05) is 5.73 Å². The molecule has 1 aromatic carbocycles. The second kappa shape index (κ2) is 4.97. The minimum absolute atomic E-state index is 0.657. The number of anilines is 1. The lowest BCUT2D eigenvalue weighted by atomic mass is 10.3. The van der Waals surface area contributed by atoms with Gasteiger partial charge in [-0.25, -0.2) is 4.98 Å². The monoisotopic (exact) mass is 274 g/mol. The molecule has 2 N–H and O–H groups in total. The van der Waals surface area contributed by atoms with Crippen LogP contribution in [0.25, 0.3) is 11.1 Å². The van der Waals surface area contributed by atoms with Gasteiger partial charge >= 0.3 is 0 Å². The number of thioether (sulfide) groups is 1. The third-order valence-electron chi connectivity index (χ3n) is 2.77. The van der Waals surface area contributed by atoms with Crippen molar-refractivity contribution in [2.45, 2.75) is 24.4 Å². The van der Waals surface area contributed by atoms with Gasteiger partial charge in [-0.1, -0.05) is 11.8 Å². The summed E-state index contributed by atoms with van der Waals surface area (Å²) in [6.45, 7) is 2.95. The Morgan fingerprint density at radius 1 is 1.42 bits per heavy atom. The summed E-state index contributed by atoms with van der Waals surface area (Å²) in [7, 11) is 0. The molecule has 98 valence electrons. The molecule has 0 spiro atoms. The van der Waals surface area contributed by atoms with Gasteiger partial charge in [0.15, 0.2) is 5.58 Å². The van der Waals surface area contributed by atoms with Crippen LogP contribution in [-0.2, 0) is 12.3 Å². The maximum absolute atomic E-state index is 5.71. The largest absolute Gasteiger partial charge is 0.431 e. The van der Waals surface area contributed by atoms with E-state index in [0.717, 1.165) is 29.0 Å². The molecule has 3 rings (SSSR count). The number of aromatic nitrogens is 3. The van der Waals surface area contributed by atoms with E-state index in [1.807, 2.05) is 29.2 Å². The van der Waals surface area contributed by atoms with Crippen molar-refractivity contribution in [2.24, 2.45) is 0 Å². The van der Waals surface area contributed by atoms with Crippen LogP contribution in [-0.4, -0.2) is 14.8 Å². The van der Waals surface area contributed by atoms with Crippen LogP contribution in [0.5, 0.6) is 0 Å². The standard InChI is InChI=1S/C13H14N4OS/c1-2-17-7-9(6-15-17)8-19-13-16-11-4-3-10(14)5-12(11)18-13/h3-7H,2,8,14H2,1H3. The molecular formula is C13H14N4OS. The highest BCUT2D eigenvalue weighted by Gasteiger charge is 2.07. The van der Waals surface area contributed by atoms with Crippen LogP contribution in [0, 0.1) is 0 Å². The van der Waals surface area contributed by atoms with Crippen LogP contribution in [0.1, 0.15) is 12.5 Å². The number of aryl methyl sites for hydroxylation is 1. The SMILES string of the molecule is CCn1cc(CSc2nc3ccc(N)cc3o2)cn1. The predicted molar refractivity (Wildman–Crippen MR) is 75.9 cm³/mol. The zero-order valence-corrected chi connectivity index (χ0v) is 11.4. The van der Waals surface area contributed by atoms with E-state index in [0.29, 0.717) is 10.9 Å². The summed E-state index contributed by atoms with van der Waals surface area (Å²) < 4.78 is 7.55. The van der Waals surface area contributed by atoms with Crippen LogP contribution < -0.4 is 5.73 Å². The fraction of sp³-hybridized carbons (Fsp3) is 0.231. The van der Waals surface area contributed by atoms with E-state index in [2.05, 4.69) is 17.0 Å². The molecule has 0 bridgehead atoms. The minimum atomic E-state index is 0.657. The molecule has 6 heteroatoms. The van der Waals surface area contributed by atoms with Crippen molar-refractivity contribution in [1.82, 2.24) is 14.8 Å². The number of nitrogen functional groups attached to an aromatic ring is 1. The molecule has 0 atom stereocenters. The molecule has 0 aliphatic heterocycles. The lowest BCUT2D eigenvalue weighted by molar-refractivity contribution is 0.489. The molecule has 3 aromatic rings. The van der Waals surface area contributed by atoms with Crippen molar-refractivity contribution >= 4 is 28.5 Å². The van der Waals surface area contributed by atoms with Crippen molar-refractivity contribution in [3.8, 4) is 0 Å². The van der Waals surface area contributed by atoms with E-state index in [4.69, 9.17) is 10.2 Å². The molecular weight excluding hydrogens is 260 g/mol. The molecule has 0 saturated heterocycles. The van der Waals surface area contributed by atoms with Gasteiger partial charge in [0, 0.05) is 35.8 Å². The summed E-state index contributed by atoms with van der Waals surface area (Å²) in [6.07, 6.45) is 3.91. The zero-order chi connectivity index (χ0) is 13.2. The van der Waals surface area contributed by atoms with Crippen LogP contribution >= 0.6 is 11.8 Å². The van der Waals surface area contributed by atoms with Crippen LogP contribution in [0.15, 0.2) is 40.2 Å². The first-order valence-corrected chi connectivity index (χ1v) is 7.03. The van der Waals surface area contributed by atoms with Gasteiger partial charge in [0.2, 0.25) is 0 Å². The molecule has 19 heavy (non-hydrogen) atoms. The highest BCUT2D eigenvalue weighted by atomic mass is 32.2. The van der Waals surface area contributed by atoms with E-state index < -0.39 is 0 Å². The van der Waals surface area contributed by atoms with Crippen molar-refractivity contribution in [3.63, 3.8) is 0 Å². The molecule has 0 radical (unpaired) electrons. The lowest BCUT2D eigenvalue weighted by Crippen LogP contribution is -1.92. The van der Waals surface area contributed by atoms with E-state index in [-0.39, 0.29) is 0 Å². The molecule has 0 fully saturated rings. The van der Waals surface area contributed by atoms with Gasteiger partial charge < -0.3 is 10.2 Å². The Hall–Kier alpha value is -1.95. The summed E-state index contributed by atoms with van der Waals surface area (Å²) in [4.78, 5) is 4.41. The number of rotatable bonds is 4. The number of oxazole rings is 1. The van der Waals surface area contributed by atoms with Crippen LogP contribution in [0.3, 0.4) is 0 Å². The Kier molecular flexibility index (Phi) is 3.16. The third-order valence-corrected chi connectivity index (χ3v) is 3.67. The third kappa shape index (κ3) is 2.58. The molecule has 5 nitrogen and oxygen atoms in total. The van der Waals surface area contributed by atoms with Gasteiger partial charge in [-0.3, -0.25) is 4.68 Å². The maximum atomic E-state index is 5.71. The maximum Gasteiger partial charge on any atom is 0.257 e. The summed E-state index contributed by atoms with van der Waals surface area (Å²) in [5, 5.41) is 4.89. The Balaban J connectivity index is 1.74. The fourth-order valence-corrected chi connectivity index (χ4v) is 2.53. The number of fused-ring (bicyclic) bond motifs is 1. The van der Waals surface area contributed by atoms with E-state index >= 15 is 0 Å². The molecule has 0 aliphatic carbocycles. The fourth-order valence-electron chi connectivity index (χ4n) is 1.78. The molecule has 0 aliphatic rings. The first-order chi connectivity index (χ1) is 9.24. The first kappa shape index (κ1) is 12.1. The molecule has 2 aromatic heterocycles. The van der Waals surface area contributed by atoms with Crippen LogP contribution in [0.4, 0.5) is 5.69 Å². The average Bonchev–Trinajstić information content (AvgIpc) is 3.01. The normalized spacial score (nSPS) is 11.2. The molecule has 0 saturated carbocycles. The van der Waals surface area contributed by atoms with Crippen molar-refractivity contribution < 1.29 is 4.42 Å². The Morgan fingerprint density at radius 3 is 3.11 bits per heavy atom. The van der Waals surface area contributed by atoms with Crippen LogP contribution in [0.2, 0.25) is 0 Å². The van der Waals surface area contributed by atoms with Crippen molar-refractivity contribution in [3.05, 3.63) is 36.2 Å². The summed E-state index contributed by atoms with van der Waals surface area (Å²) in [5.41, 5.74) is 9.12. The smallest absolute Gasteiger partial charge is 0.257 e. The summed E-state index contributed by atoms with van der Waals surface area (Å²) >= 11 is 1.56. The molecule has 0 unspecified atom stereocenters. The highest BCUT2D eigenvalue weighted by molar-refractivity contribution is 7.98. The summed E-state index contributed by atoms with van der Waals surface area (Å²) in [5.74, 6) is 0.794. The number of hydrogen-bond acceptors (Lipinski definition) is 5.